The monoisotopic (exact) mass is 422 g/mol. The lowest BCUT2D eigenvalue weighted by molar-refractivity contribution is -0.234. The van der Waals surface area contributed by atoms with Gasteiger partial charge in [-0.05, 0) is 25.1 Å². The Morgan fingerprint density at radius 1 is 1.17 bits per heavy atom. The van der Waals surface area contributed by atoms with Gasteiger partial charge in [0.1, 0.15) is 5.82 Å². The van der Waals surface area contributed by atoms with Gasteiger partial charge < -0.3 is 15.2 Å². The van der Waals surface area contributed by atoms with Crippen molar-refractivity contribution in [3.8, 4) is 11.4 Å². The van der Waals surface area contributed by atoms with Gasteiger partial charge in [0.15, 0.2) is 17.1 Å². The second kappa shape index (κ2) is 8.64. The number of anilines is 1. The fourth-order valence-corrected chi connectivity index (χ4v) is 2.04. The van der Waals surface area contributed by atoms with Crippen LogP contribution in [0.2, 0.25) is 0 Å². The van der Waals surface area contributed by atoms with Crippen LogP contribution in [0.3, 0.4) is 0 Å². The van der Waals surface area contributed by atoms with Crippen LogP contribution in [-0.4, -0.2) is 45.0 Å². The van der Waals surface area contributed by atoms with Crippen LogP contribution in [-0.2, 0) is 10.9 Å². The van der Waals surface area contributed by atoms with E-state index in [-0.39, 0.29) is 12.2 Å². The lowest BCUT2D eigenvalue weighted by Gasteiger charge is -2.27. The van der Waals surface area contributed by atoms with Crippen molar-refractivity contribution in [2.24, 2.45) is 0 Å². The molecule has 29 heavy (non-hydrogen) atoms. The molecule has 0 spiro atoms. The predicted octanol–water partition coefficient (Wildman–Crippen LogP) is 3.81. The van der Waals surface area contributed by atoms with E-state index in [0.717, 1.165) is 0 Å². The summed E-state index contributed by atoms with van der Waals surface area (Å²) < 4.78 is 83.8. The van der Waals surface area contributed by atoms with E-state index < -0.39 is 41.8 Å². The van der Waals surface area contributed by atoms with Gasteiger partial charge in [-0.3, -0.25) is 4.98 Å². The third-order valence-electron chi connectivity index (χ3n) is 3.57. The first-order chi connectivity index (χ1) is 13.5. The van der Waals surface area contributed by atoms with E-state index in [9.17, 15) is 31.4 Å². The topological polar surface area (TPSA) is 80.2 Å². The molecule has 1 unspecified atom stereocenters. The maximum Gasteiger partial charge on any atom is 0.433 e. The molecule has 0 radical (unpaired) electrons. The molecule has 158 valence electrons. The number of hydrogen-bond donors (Lipinski definition) is 2. The first-order valence-electron chi connectivity index (χ1n) is 8.15. The summed E-state index contributed by atoms with van der Waals surface area (Å²) >= 11 is 0. The van der Waals surface area contributed by atoms with Crippen LogP contribution in [0, 0.1) is 0 Å². The molecular formula is C17H16F6N4O2. The SMILES string of the molecule is CCOC=CC(O)(CNc1cc(C(F)(F)F)nc(-c2cccnc2)n1)C(F)(F)F. The molecule has 0 aliphatic heterocycles. The van der Waals surface area contributed by atoms with Gasteiger partial charge in [-0.25, -0.2) is 9.97 Å². The zero-order valence-electron chi connectivity index (χ0n) is 14.9. The molecule has 0 amide bonds. The molecule has 2 aromatic rings. The molecule has 6 nitrogen and oxygen atoms in total. The predicted molar refractivity (Wildman–Crippen MR) is 90.5 cm³/mol. The van der Waals surface area contributed by atoms with Gasteiger partial charge in [-0.15, -0.1) is 0 Å². The number of halogens is 6. The highest BCUT2D eigenvalue weighted by molar-refractivity contribution is 5.56. The minimum Gasteiger partial charge on any atom is -0.502 e. The van der Waals surface area contributed by atoms with E-state index in [4.69, 9.17) is 0 Å². The molecule has 12 heteroatoms. The molecule has 1 atom stereocenters. The highest BCUT2D eigenvalue weighted by Gasteiger charge is 2.52. The van der Waals surface area contributed by atoms with E-state index in [1.165, 1.54) is 31.5 Å². The van der Waals surface area contributed by atoms with E-state index in [2.05, 4.69) is 25.0 Å². The van der Waals surface area contributed by atoms with Gasteiger partial charge in [0.05, 0.1) is 19.4 Å². The Kier molecular flexibility index (Phi) is 6.67. The number of nitrogens with one attached hydrogen (secondary N) is 1. The summed E-state index contributed by atoms with van der Waals surface area (Å²) in [6.45, 7) is 0.378. The molecule has 2 heterocycles. The lowest BCUT2D eigenvalue weighted by Crippen LogP contribution is -2.49. The van der Waals surface area contributed by atoms with E-state index in [1.807, 2.05) is 0 Å². The summed E-state index contributed by atoms with van der Waals surface area (Å²) in [7, 11) is 0. The van der Waals surface area contributed by atoms with Gasteiger partial charge in [-0.2, -0.15) is 26.3 Å². The van der Waals surface area contributed by atoms with E-state index >= 15 is 0 Å². The zero-order chi connectivity index (χ0) is 21.7. The summed E-state index contributed by atoms with van der Waals surface area (Å²) in [5.41, 5.74) is -4.64. The molecule has 0 saturated carbocycles. The molecule has 0 fully saturated rings. The van der Waals surface area contributed by atoms with Crippen molar-refractivity contribution in [2.75, 3.05) is 18.5 Å². The summed E-state index contributed by atoms with van der Waals surface area (Å²) in [4.78, 5) is 10.9. The van der Waals surface area contributed by atoms with Gasteiger partial charge in [0, 0.05) is 24.0 Å². The molecule has 2 N–H and O–H groups in total. The van der Waals surface area contributed by atoms with Crippen LogP contribution < -0.4 is 5.32 Å². The van der Waals surface area contributed by atoms with Crippen LogP contribution >= 0.6 is 0 Å². The van der Waals surface area contributed by atoms with Crippen molar-refractivity contribution in [3.05, 3.63) is 48.6 Å². The summed E-state index contributed by atoms with van der Waals surface area (Å²) in [5, 5.41) is 12.0. The number of alkyl halides is 6. The Hall–Kier alpha value is -2.89. The highest BCUT2D eigenvalue weighted by Crippen LogP contribution is 2.33. The number of pyridine rings is 1. The Morgan fingerprint density at radius 2 is 1.90 bits per heavy atom. The minimum atomic E-state index is -5.13. The molecule has 2 aromatic heterocycles. The Balaban J connectivity index is 2.38. The van der Waals surface area contributed by atoms with Gasteiger partial charge in [-0.1, -0.05) is 0 Å². The van der Waals surface area contributed by atoms with Crippen LogP contribution in [0.1, 0.15) is 12.6 Å². The Morgan fingerprint density at radius 3 is 2.45 bits per heavy atom. The number of rotatable bonds is 7. The first-order valence-corrected chi connectivity index (χ1v) is 8.15. The van der Waals surface area contributed by atoms with Crippen molar-refractivity contribution in [1.82, 2.24) is 15.0 Å². The maximum absolute atomic E-state index is 13.2. The zero-order valence-corrected chi connectivity index (χ0v) is 14.9. The third-order valence-corrected chi connectivity index (χ3v) is 3.57. The van der Waals surface area contributed by atoms with Crippen molar-refractivity contribution in [3.63, 3.8) is 0 Å². The molecule has 2 rings (SSSR count). The lowest BCUT2D eigenvalue weighted by atomic mass is 10.0. The van der Waals surface area contributed by atoms with Gasteiger partial charge in [0.25, 0.3) is 0 Å². The molecule has 0 aliphatic rings. The van der Waals surface area contributed by atoms with Crippen LogP contribution in [0.25, 0.3) is 11.4 Å². The average molecular weight is 422 g/mol. The largest absolute Gasteiger partial charge is 0.502 e. The van der Waals surface area contributed by atoms with E-state index in [1.54, 1.807) is 0 Å². The van der Waals surface area contributed by atoms with Crippen LogP contribution in [0.5, 0.6) is 0 Å². The average Bonchev–Trinajstić information content (AvgIpc) is 2.65. The summed E-state index contributed by atoms with van der Waals surface area (Å²) in [5.74, 6) is -0.950. The number of nitrogens with zero attached hydrogens (tertiary/aromatic N) is 3. The molecular weight excluding hydrogens is 406 g/mol. The molecule has 0 bridgehead atoms. The van der Waals surface area contributed by atoms with Crippen molar-refractivity contribution >= 4 is 5.82 Å². The van der Waals surface area contributed by atoms with E-state index in [0.29, 0.717) is 18.4 Å². The van der Waals surface area contributed by atoms with Crippen LogP contribution in [0.15, 0.2) is 42.9 Å². The number of aliphatic hydroxyl groups is 1. The maximum atomic E-state index is 13.2. The summed E-state index contributed by atoms with van der Waals surface area (Å²) in [6.07, 6.45) is -6.39. The van der Waals surface area contributed by atoms with Crippen molar-refractivity contribution in [1.29, 1.82) is 0 Å². The Bertz CT molecular complexity index is 842. The number of hydrogen-bond acceptors (Lipinski definition) is 6. The van der Waals surface area contributed by atoms with Gasteiger partial charge in [0.2, 0.25) is 0 Å². The fraction of sp³-hybridized carbons (Fsp3) is 0.353. The summed E-state index contributed by atoms with van der Waals surface area (Å²) in [6, 6.07) is 3.28. The minimum absolute atomic E-state index is 0.0627. The normalized spacial score (nSPS) is 14.6. The molecule has 0 aromatic carbocycles. The fourth-order valence-electron chi connectivity index (χ4n) is 2.04. The second-order valence-electron chi connectivity index (χ2n) is 5.74. The number of aromatic nitrogens is 3. The highest BCUT2D eigenvalue weighted by atomic mass is 19.4. The smallest absolute Gasteiger partial charge is 0.433 e. The second-order valence-corrected chi connectivity index (χ2v) is 5.74. The van der Waals surface area contributed by atoms with Crippen molar-refractivity contribution < 1.29 is 36.2 Å². The van der Waals surface area contributed by atoms with Crippen LogP contribution in [0.4, 0.5) is 32.2 Å². The quantitative estimate of drug-likeness (QED) is 0.522. The Labute approximate surface area is 161 Å². The standard InChI is InChI=1S/C17H16F6N4O2/c1-2-29-7-5-15(28,17(21,22)23)10-25-13-8-12(16(18,19)20)26-14(27-13)11-4-3-6-24-9-11/h3-9,28H,2,10H2,1H3,(H,25,26,27). The molecule has 0 aliphatic carbocycles. The first kappa shape index (κ1) is 22.4. The van der Waals surface area contributed by atoms with Crippen molar-refractivity contribution in [2.45, 2.75) is 24.9 Å². The molecule has 0 saturated heterocycles. The third kappa shape index (κ3) is 5.79. The van der Waals surface area contributed by atoms with Gasteiger partial charge >= 0.3 is 12.4 Å². The number of ether oxygens (including phenoxy) is 1.